The first-order chi connectivity index (χ1) is 10.9. The van der Waals surface area contributed by atoms with Crippen LogP contribution >= 0.6 is 0 Å². The van der Waals surface area contributed by atoms with E-state index in [4.69, 9.17) is 9.57 Å². The standard InChI is InChI=1S/C18H25NO4/c1-17(2,3)23-16(21)18(11-7-8-12-18)19(14-20)22-13-15-9-5-4-6-10-15/h4-6,9-10,14H,7-8,11-13H2,1-3H3. The van der Waals surface area contributed by atoms with Crippen LogP contribution in [0.15, 0.2) is 30.3 Å². The van der Waals surface area contributed by atoms with E-state index < -0.39 is 11.1 Å². The fourth-order valence-electron chi connectivity index (χ4n) is 2.82. The third-order valence-corrected chi connectivity index (χ3v) is 3.94. The van der Waals surface area contributed by atoms with Gasteiger partial charge in [0.25, 0.3) is 0 Å². The van der Waals surface area contributed by atoms with Crippen LogP contribution in [0.3, 0.4) is 0 Å². The summed E-state index contributed by atoms with van der Waals surface area (Å²) in [7, 11) is 0. The summed E-state index contributed by atoms with van der Waals surface area (Å²) in [6.07, 6.45) is 3.47. The summed E-state index contributed by atoms with van der Waals surface area (Å²) in [4.78, 5) is 29.9. The molecule has 0 unspecified atom stereocenters. The van der Waals surface area contributed by atoms with Crippen LogP contribution in [0.1, 0.15) is 52.0 Å². The Morgan fingerprint density at radius 1 is 1.22 bits per heavy atom. The lowest BCUT2D eigenvalue weighted by Gasteiger charge is -2.37. The monoisotopic (exact) mass is 319 g/mol. The predicted molar refractivity (Wildman–Crippen MR) is 86.2 cm³/mol. The molecule has 1 aromatic carbocycles. The summed E-state index contributed by atoms with van der Waals surface area (Å²) < 4.78 is 5.54. The Morgan fingerprint density at radius 2 is 1.83 bits per heavy atom. The van der Waals surface area contributed by atoms with E-state index in [1.54, 1.807) is 0 Å². The first-order valence-electron chi connectivity index (χ1n) is 8.02. The number of ether oxygens (including phenoxy) is 1. The van der Waals surface area contributed by atoms with Crippen LogP contribution in [0.2, 0.25) is 0 Å². The van der Waals surface area contributed by atoms with Gasteiger partial charge in [-0.25, -0.2) is 9.86 Å². The van der Waals surface area contributed by atoms with E-state index in [0.717, 1.165) is 18.4 Å². The van der Waals surface area contributed by atoms with E-state index in [1.807, 2.05) is 51.1 Å². The average molecular weight is 319 g/mol. The number of rotatable bonds is 6. The third-order valence-electron chi connectivity index (χ3n) is 3.94. The van der Waals surface area contributed by atoms with Crippen LogP contribution < -0.4 is 0 Å². The molecule has 126 valence electrons. The first kappa shape index (κ1) is 17.5. The van der Waals surface area contributed by atoms with Crippen LogP contribution in [0.4, 0.5) is 0 Å². The molecule has 0 aliphatic heterocycles. The smallest absolute Gasteiger partial charge is 0.335 e. The first-order valence-corrected chi connectivity index (χ1v) is 8.02. The maximum Gasteiger partial charge on any atom is 0.335 e. The van der Waals surface area contributed by atoms with Gasteiger partial charge in [0.15, 0.2) is 5.54 Å². The van der Waals surface area contributed by atoms with Crippen molar-refractivity contribution in [3.05, 3.63) is 35.9 Å². The van der Waals surface area contributed by atoms with Gasteiger partial charge >= 0.3 is 5.97 Å². The van der Waals surface area contributed by atoms with Gasteiger partial charge in [-0.1, -0.05) is 43.2 Å². The lowest BCUT2D eigenvalue weighted by Crippen LogP contribution is -2.54. The van der Waals surface area contributed by atoms with Crippen molar-refractivity contribution >= 4 is 12.4 Å². The second kappa shape index (κ2) is 7.13. The second-order valence-electron chi connectivity index (χ2n) is 6.93. The van der Waals surface area contributed by atoms with Gasteiger partial charge in [-0.2, -0.15) is 0 Å². The highest BCUT2D eigenvalue weighted by molar-refractivity contribution is 5.83. The maximum atomic E-state index is 12.7. The normalized spacial score (nSPS) is 16.8. The molecule has 1 aromatic rings. The largest absolute Gasteiger partial charge is 0.458 e. The second-order valence-corrected chi connectivity index (χ2v) is 6.93. The van der Waals surface area contributed by atoms with Gasteiger partial charge in [0.2, 0.25) is 6.41 Å². The molecular formula is C18H25NO4. The number of hydrogen-bond acceptors (Lipinski definition) is 4. The van der Waals surface area contributed by atoms with E-state index in [-0.39, 0.29) is 12.6 Å². The quantitative estimate of drug-likeness (QED) is 0.459. The molecule has 1 saturated carbocycles. The Labute approximate surface area is 137 Å². The fraction of sp³-hybridized carbons (Fsp3) is 0.556. The molecule has 0 N–H and O–H groups in total. The van der Waals surface area contributed by atoms with E-state index in [1.165, 1.54) is 5.06 Å². The molecular weight excluding hydrogens is 294 g/mol. The van der Waals surface area contributed by atoms with Crippen molar-refractivity contribution < 1.29 is 19.2 Å². The fourth-order valence-corrected chi connectivity index (χ4v) is 2.82. The topological polar surface area (TPSA) is 55.8 Å². The van der Waals surface area contributed by atoms with Crippen LogP contribution in [0.25, 0.3) is 0 Å². The van der Waals surface area contributed by atoms with Gasteiger partial charge in [-0.3, -0.25) is 9.63 Å². The van der Waals surface area contributed by atoms with Crippen molar-refractivity contribution in [2.24, 2.45) is 0 Å². The molecule has 1 aliphatic rings. The molecule has 0 spiro atoms. The van der Waals surface area contributed by atoms with Crippen molar-refractivity contribution in [3.63, 3.8) is 0 Å². The van der Waals surface area contributed by atoms with Gasteiger partial charge in [0.1, 0.15) is 12.2 Å². The number of amides is 1. The number of hydroxylamine groups is 2. The van der Waals surface area contributed by atoms with Gasteiger partial charge < -0.3 is 4.74 Å². The molecule has 1 aliphatic carbocycles. The lowest BCUT2D eigenvalue weighted by atomic mass is 9.97. The molecule has 1 fully saturated rings. The Kier molecular flexibility index (Phi) is 5.42. The number of hydrogen-bond donors (Lipinski definition) is 0. The minimum Gasteiger partial charge on any atom is -0.458 e. The van der Waals surface area contributed by atoms with Crippen molar-refractivity contribution in [1.82, 2.24) is 5.06 Å². The number of benzene rings is 1. The highest BCUT2D eigenvalue weighted by Crippen LogP contribution is 2.37. The molecule has 0 bridgehead atoms. The van der Waals surface area contributed by atoms with E-state index in [9.17, 15) is 9.59 Å². The summed E-state index contributed by atoms with van der Waals surface area (Å²) in [5.74, 6) is -0.386. The van der Waals surface area contributed by atoms with Crippen LogP contribution in [0.5, 0.6) is 0 Å². The van der Waals surface area contributed by atoms with Crippen molar-refractivity contribution in [1.29, 1.82) is 0 Å². The molecule has 0 atom stereocenters. The maximum absolute atomic E-state index is 12.7. The number of esters is 1. The van der Waals surface area contributed by atoms with Gasteiger partial charge in [0, 0.05) is 0 Å². The molecule has 2 rings (SSSR count). The summed E-state index contributed by atoms with van der Waals surface area (Å²) >= 11 is 0. The zero-order valence-corrected chi connectivity index (χ0v) is 14.1. The highest BCUT2D eigenvalue weighted by Gasteiger charge is 2.49. The molecule has 0 saturated heterocycles. The van der Waals surface area contributed by atoms with Gasteiger partial charge in [0.05, 0.1) is 0 Å². The van der Waals surface area contributed by atoms with Crippen molar-refractivity contribution in [2.75, 3.05) is 0 Å². The Hall–Kier alpha value is -1.88. The number of carbonyl (C=O) groups excluding carboxylic acids is 2. The van der Waals surface area contributed by atoms with Crippen LogP contribution in [-0.4, -0.2) is 28.6 Å². The highest BCUT2D eigenvalue weighted by atomic mass is 16.7. The minimum absolute atomic E-state index is 0.240. The number of nitrogens with zero attached hydrogens (tertiary/aromatic N) is 1. The molecule has 5 heteroatoms. The van der Waals surface area contributed by atoms with Crippen LogP contribution in [-0.2, 0) is 25.8 Å². The Bertz CT molecular complexity index is 530. The van der Waals surface area contributed by atoms with Gasteiger partial charge in [-0.15, -0.1) is 0 Å². The molecule has 23 heavy (non-hydrogen) atoms. The van der Waals surface area contributed by atoms with E-state index >= 15 is 0 Å². The predicted octanol–water partition coefficient (Wildman–Crippen LogP) is 3.23. The average Bonchev–Trinajstić information content (AvgIpc) is 2.98. The zero-order valence-electron chi connectivity index (χ0n) is 14.1. The lowest BCUT2D eigenvalue weighted by molar-refractivity contribution is -0.229. The van der Waals surface area contributed by atoms with Crippen molar-refractivity contribution in [3.8, 4) is 0 Å². The summed E-state index contributed by atoms with van der Waals surface area (Å²) in [5.41, 5.74) is -0.665. The molecule has 0 aromatic heterocycles. The molecule has 5 nitrogen and oxygen atoms in total. The zero-order chi connectivity index (χ0) is 16.9. The minimum atomic E-state index is -1.01. The molecule has 0 heterocycles. The molecule has 0 radical (unpaired) electrons. The Morgan fingerprint density at radius 3 is 2.35 bits per heavy atom. The number of carbonyl (C=O) groups is 2. The third kappa shape index (κ3) is 4.32. The van der Waals surface area contributed by atoms with Gasteiger partial charge in [-0.05, 0) is 39.2 Å². The Balaban J connectivity index is 2.13. The van der Waals surface area contributed by atoms with Crippen molar-refractivity contribution in [2.45, 2.75) is 64.2 Å². The van der Waals surface area contributed by atoms with E-state index in [2.05, 4.69) is 0 Å². The summed E-state index contributed by atoms with van der Waals surface area (Å²) in [5, 5.41) is 1.17. The van der Waals surface area contributed by atoms with E-state index in [0.29, 0.717) is 19.3 Å². The van der Waals surface area contributed by atoms with Crippen LogP contribution in [0, 0.1) is 0 Å². The summed E-state index contributed by atoms with van der Waals surface area (Å²) in [6.45, 7) is 5.71. The molecule has 1 amide bonds. The summed E-state index contributed by atoms with van der Waals surface area (Å²) in [6, 6.07) is 9.56. The SMILES string of the molecule is CC(C)(C)OC(=O)C1(N(C=O)OCc2ccccc2)CCCC1.